The van der Waals surface area contributed by atoms with Crippen LogP contribution in [0.3, 0.4) is 0 Å². The number of methoxy groups -OCH3 is 1. The van der Waals surface area contributed by atoms with Crippen LogP contribution in [-0.4, -0.2) is 24.4 Å². The molecule has 82 valence electrons. The van der Waals surface area contributed by atoms with Gasteiger partial charge >= 0.3 is 0 Å². The predicted octanol–water partition coefficient (Wildman–Crippen LogP) is 1.94. The molecule has 1 aliphatic rings. The third-order valence-corrected chi connectivity index (χ3v) is 3.16. The number of rotatable bonds is 5. The second kappa shape index (κ2) is 4.33. The minimum atomic E-state index is 0.123. The molecule has 0 amide bonds. The van der Waals surface area contributed by atoms with Crippen molar-refractivity contribution in [3.05, 3.63) is 35.4 Å². The lowest BCUT2D eigenvalue weighted by Gasteiger charge is -2.13. The molecule has 0 radical (unpaired) electrons. The summed E-state index contributed by atoms with van der Waals surface area (Å²) in [4.78, 5) is 0. The molecule has 0 unspecified atom stereocenters. The summed E-state index contributed by atoms with van der Waals surface area (Å²) < 4.78 is 5.50. The van der Waals surface area contributed by atoms with Crippen LogP contribution in [0.25, 0.3) is 0 Å². The molecule has 2 heteroatoms. The fourth-order valence-electron chi connectivity index (χ4n) is 1.99. The zero-order valence-corrected chi connectivity index (χ0v) is 9.20. The van der Waals surface area contributed by atoms with Crippen molar-refractivity contribution in [2.75, 3.05) is 13.7 Å². The second-order valence-electron chi connectivity index (χ2n) is 4.36. The minimum absolute atomic E-state index is 0.123. The largest absolute Gasteiger partial charge is 0.396 e. The summed E-state index contributed by atoms with van der Waals surface area (Å²) in [6.45, 7) is 0.221. The van der Waals surface area contributed by atoms with Gasteiger partial charge in [-0.3, -0.25) is 0 Å². The van der Waals surface area contributed by atoms with Crippen LogP contribution < -0.4 is 0 Å². The molecule has 1 aliphatic carbocycles. The first-order chi connectivity index (χ1) is 7.28. The van der Waals surface area contributed by atoms with Crippen LogP contribution in [0, 0.1) is 0 Å². The van der Waals surface area contributed by atoms with Gasteiger partial charge in [-0.15, -0.1) is 0 Å². The third-order valence-electron chi connectivity index (χ3n) is 3.16. The van der Waals surface area contributed by atoms with E-state index in [-0.39, 0.29) is 12.2 Å². The molecule has 1 fully saturated rings. The van der Waals surface area contributed by atoms with Gasteiger partial charge in [-0.25, -0.2) is 0 Å². The SMILES string of the molecule is COC1(Cc2cccc(CCO)c2)CC1. The Hall–Kier alpha value is -0.860. The summed E-state index contributed by atoms with van der Waals surface area (Å²) in [6, 6.07) is 8.44. The number of aliphatic hydroxyl groups excluding tert-OH is 1. The smallest absolute Gasteiger partial charge is 0.0721 e. The van der Waals surface area contributed by atoms with Crippen LogP contribution in [0.1, 0.15) is 24.0 Å². The summed E-state index contributed by atoms with van der Waals surface area (Å²) in [7, 11) is 1.80. The Balaban J connectivity index is 2.05. The maximum Gasteiger partial charge on any atom is 0.0721 e. The number of hydrogen-bond acceptors (Lipinski definition) is 2. The van der Waals surface area contributed by atoms with Gasteiger partial charge in [-0.05, 0) is 30.4 Å². The van der Waals surface area contributed by atoms with Crippen molar-refractivity contribution in [2.24, 2.45) is 0 Å². The fraction of sp³-hybridized carbons (Fsp3) is 0.538. The Kier molecular flexibility index (Phi) is 3.08. The minimum Gasteiger partial charge on any atom is -0.396 e. The summed E-state index contributed by atoms with van der Waals surface area (Å²) in [5.41, 5.74) is 2.65. The average molecular weight is 206 g/mol. The molecule has 0 spiro atoms. The van der Waals surface area contributed by atoms with E-state index in [0.717, 1.165) is 12.8 Å². The lowest BCUT2D eigenvalue weighted by atomic mass is 10.0. The van der Waals surface area contributed by atoms with Crippen LogP contribution >= 0.6 is 0 Å². The van der Waals surface area contributed by atoms with Crippen molar-refractivity contribution in [1.82, 2.24) is 0 Å². The van der Waals surface area contributed by atoms with E-state index < -0.39 is 0 Å². The Labute approximate surface area is 90.9 Å². The number of aliphatic hydroxyl groups is 1. The van der Waals surface area contributed by atoms with Gasteiger partial charge < -0.3 is 9.84 Å². The number of ether oxygens (including phenoxy) is 1. The molecule has 0 atom stereocenters. The lowest BCUT2D eigenvalue weighted by Crippen LogP contribution is -2.14. The highest BCUT2D eigenvalue weighted by Crippen LogP contribution is 2.41. The van der Waals surface area contributed by atoms with E-state index >= 15 is 0 Å². The molecule has 1 saturated carbocycles. The molecule has 1 aromatic carbocycles. The zero-order chi connectivity index (χ0) is 10.7. The van der Waals surface area contributed by atoms with Gasteiger partial charge in [0.1, 0.15) is 0 Å². The predicted molar refractivity (Wildman–Crippen MR) is 59.9 cm³/mol. The van der Waals surface area contributed by atoms with Crippen molar-refractivity contribution in [3.63, 3.8) is 0 Å². The molecule has 2 nitrogen and oxygen atoms in total. The van der Waals surface area contributed by atoms with Gasteiger partial charge in [0.25, 0.3) is 0 Å². The normalized spacial score (nSPS) is 17.7. The highest BCUT2D eigenvalue weighted by atomic mass is 16.5. The van der Waals surface area contributed by atoms with E-state index in [1.165, 1.54) is 24.0 Å². The molecule has 1 N–H and O–H groups in total. The molecular weight excluding hydrogens is 188 g/mol. The Morgan fingerprint density at radius 3 is 2.67 bits per heavy atom. The highest BCUT2D eigenvalue weighted by molar-refractivity contribution is 5.26. The van der Waals surface area contributed by atoms with Gasteiger partial charge in [0, 0.05) is 20.1 Å². The van der Waals surface area contributed by atoms with Gasteiger partial charge in [-0.2, -0.15) is 0 Å². The van der Waals surface area contributed by atoms with E-state index in [4.69, 9.17) is 9.84 Å². The van der Waals surface area contributed by atoms with Crippen LogP contribution in [-0.2, 0) is 17.6 Å². The molecule has 0 aromatic heterocycles. The molecule has 15 heavy (non-hydrogen) atoms. The number of hydrogen-bond donors (Lipinski definition) is 1. The number of benzene rings is 1. The van der Waals surface area contributed by atoms with Crippen LogP contribution in [0.5, 0.6) is 0 Å². The Morgan fingerprint density at radius 2 is 2.07 bits per heavy atom. The quantitative estimate of drug-likeness (QED) is 0.797. The molecule has 0 heterocycles. The van der Waals surface area contributed by atoms with Gasteiger partial charge in [0.2, 0.25) is 0 Å². The van der Waals surface area contributed by atoms with Gasteiger partial charge in [-0.1, -0.05) is 24.3 Å². The first-order valence-electron chi connectivity index (χ1n) is 5.52. The van der Waals surface area contributed by atoms with Crippen molar-refractivity contribution < 1.29 is 9.84 Å². The molecule has 0 bridgehead atoms. The monoisotopic (exact) mass is 206 g/mol. The van der Waals surface area contributed by atoms with Crippen molar-refractivity contribution >= 4 is 0 Å². The van der Waals surface area contributed by atoms with E-state index in [1.54, 1.807) is 7.11 Å². The molecule has 0 saturated heterocycles. The first-order valence-corrected chi connectivity index (χ1v) is 5.52. The second-order valence-corrected chi connectivity index (χ2v) is 4.36. The first kappa shape index (κ1) is 10.7. The molecule has 0 aliphatic heterocycles. The summed E-state index contributed by atoms with van der Waals surface area (Å²) in [6.07, 6.45) is 4.10. The fourth-order valence-corrected chi connectivity index (χ4v) is 1.99. The van der Waals surface area contributed by atoms with Crippen LogP contribution in [0.2, 0.25) is 0 Å². The van der Waals surface area contributed by atoms with Crippen molar-refractivity contribution in [1.29, 1.82) is 0 Å². The van der Waals surface area contributed by atoms with Crippen molar-refractivity contribution in [3.8, 4) is 0 Å². The summed E-state index contributed by atoms with van der Waals surface area (Å²) >= 11 is 0. The lowest BCUT2D eigenvalue weighted by molar-refractivity contribution is 0.0807. The summed E-state index contributed by atoms with van der Waals surface area (Å²) in [5.74, 6) is 0. The Morgan fingerprint density at radius 1 is 1.33 bits per heavy atom. The molecular formula is C13H18O2. The highest BCUT2D eigenvalue weighted by Gasteiger charge is 2.42. The van der Waals surface area contributed by atoms with E-state index in [9.17, 15) is 0 Å². The average Bonchev–Trinajstić information content (AvgIpc) is 3.00. The maximum atomic E-state index is 8.88. The van der Waals surface area contributed by atoms with Gasteiger partial charge in [0.05, 0.1) is 5.60 Å². The van der Waals surface area contributed by atoms with Crippen LogP contribution in [0.4, 0.5) is 0 Å². The van der Waals surface area contributed by atoms with E-state index in [0.29, 0.717) is 0 Å². The maximum absolute atomic E-state index is 8.88. The standard InChI is InChI=1S/C13H18O2/c1-15-13(6-7-13)10-12-4-2-3-11(9-12)5-8-14/h2-4,9,14H,5-8,10H2,1H3. The van der Waals surface area contributed by atoms with Gasteiger partial charge in [0.15, 0.2) is 0 Å². The van der Waals surface area contributed by atoms with E-state index in [1.807, 2.05) is 0 Å². The Bertz CT molecular complexity index is 329. The molecule has 1 aromatic rings. The van der Waals surface area contributed by atoms with E-state index in [2.05, 4.69) is 24.3 Å². The van der Waals surface area contributed by atoms with Crippen molar-refractivity contribution in [2.45, 2.75) is 31.3 Å². The summed E-state index contributed by atoms with van der Waals surface area (Å²) in [5, 5.41) is 8.88. The zero-order valence-electron chi connectivity index (χ0n) is 9.20. The molecule has 2 rings (SSSR count). The topological polar surface area (TPSA) is 29.5 Å². The van der Waals surface area contributed by atoms with Crippen LogP contribution in [0.15, 0.2) is 24.3 Å². The third kappa shape index (κ3) is 2.58.